The highest BCUT2D eigenvalue weighted by Crippen LogP contribution is 2.32. The van der Waals surface area contributed by atoms with Crippen LogP contribution in [-0.4, -0.2) is 16.5 Å². The van der Waals surface area contributed by atoms with Crippen LogP contribution >= 0.6 is 11.6 Å². The van der Waals surface area contributed by atoms with E-state index in [9.17, 15) is 9.59 Å². The third kappa shape index (κ3) is 3.13. The average molecular weight is 309 g/mol. The van der Waals surface area contributed by atoms with Gasteiger partial charge in [0.15, 0.2) is 5.58 Å². The number of halogens is 1. The smallest absolute Gasteiger partial charge is 0.408 e. The van der Waals surface area contributed by atoms with Gasteiger partial charge < -0.3 is 9.73 Å². The van der Waals surface area contributed by atoms with Crippen LogP contribution < -0.4 is 11.1 Å². The molecule has 2 aromatic rings. The molecule has 1 aliphatic rings. The number of hydrogen-bond acceptors (Lipinski definition) is 3. The van der Waals surface area contributed by atoms with Crippen molar-refractivity contribution in [1.29, 1.82) is 0 Å². The van der Waals surface area contributed by atoms with Crippen molar-refractivity contribution in [3.05, 3.63) is 33.8 Å². The van der Waals surface area contributed by atoms with E-state index in [0.29, 0.717) is 28.6 Å². The van der Waals surface area contributed by atoms with E-state index in [1.807, 2.05) is 6.92 Å². The first kappa shape index (κ1) is 14.2. The van der Waals surface area contributed by atoms with Crippen molar-refractivity contribution in [2.75, 3.05) is 0 Å². The number of nitrogens with one attached hydrogen (secondary N) is 1. The van der Waals surface area contributed by atoms with Crippen LogP contribution in [0.15, 0.2) is 27.4 Å². The summed E-state index contributed by atoms with van der Waals surface area (Å²) in [6.45, 7) is 2.33. The predicted octanol–water partition coefficient (Wildman–Crippen LogP) is 2.55. The Hall–Kier alpha value is -1.75. The van der Waals surface area contributed by atoms with Crippen LogP contribution in [0.3, 0.4) is 0 Å². The van der Waals surface area contributed by atoms with E-state index >= 15 is 0 Å². The zero-order valence-electron chi connectivity index (χ0n) is 11.8. The Morgan fingerprint density at radius 2 is 2.29 bits per heavy atom. The van der Waals surface area contributed by atoms with Crippen molar-refractivity contribution in [2.24, 2.45) is 5.92 Å². The summed E-state index contributed by atoms with van der Waals surface area (Å²) in [7, 11) is 0. The maximum absolute atomic E-state index is 11.9. The largest absolute Gasteiger partial charge is 0.419 e. The molecule has 1 atom stereocenters. The minimum absolute atomic E-state index is 0.0374. The molecule has 0 bridgehead atoms. The monoisotopic (exact) mass is 308 g/mol. The number of carbonyl (C=O) groups is 1. The number of hydrogen-bond donors (Lipinski definition) is 1. The van der Waals surface area contributed by atoms with Crippen LogP contribution in [0, 0.1) is 5.92 Å². The Kier molecular flexibility index (Phi) is 3.76. The van der Waals surface area contributed by atoms with E-state index in [2.05, 4.69) is 5.32 Å². The van der Waals surface area contributed by atoms with Gasteiger partial charge in [-0.3, -0.25) is 9.36 Å². The Labute approximate surface area is 126 Å². The highest BCUT2D eigenvalue weighted by atomic mass is 35.5. The van der Waals surface area contributed by atoms with Crippen LogP contribution in [0.2, 0.25) is 5.02 Å². The molecule has 1 amide bonds. The third-order valence-corrected chi connectivity index (χ3v) is 4.15. The molecule has 21 heavy (non-hydrogen) atoms. The van der Waals surface area contributed by atoms with Crippen LogP contribution in [-0.2, 0) is 11.3 Å². The number of amides is 1. The van der Waals surface area contributed by atoms with Crippen LogP contribution in [0.25, 0.3) is 11.1 Å². The molecule has 1 aromatic carbocycles. The summed E-state index contributed by atoms with van der Waals surface area (Å²) in [5.74, 6) is 0.119. The fraction of sp³-hybridized carbons (Fsp3) is 0.467. The lowest BCUT2D eigenvalue weighted by molar-refractivity contribution is -0.122. The van der Waals surface area contributed by atoms with Crippen LogP contribution in [0.5, 0.6) is 0 Å². The summed E-state index contributed by atoms with van der Waals surface area (Å²) >= 11 is 5.87. The Morgan fingerprint density at radius 3 is 3.00 bits per heavy atom. The minimum atomic E-state index is -0.463. The molecular formula is C15H17ClN2O3. The first-order valence-electron chi connectivity index (χ1n) is 7.13. The lowest BCUT2D eigenvalue weighted by atomic mass is 10.2. The molecule has 0 radical (unpaired) electrons. The standard InChI is InChI=1S/C15H17ClN2O3/c1-9(10-2-3-10)17-14(19)6-7-18-12-5-4-11(16)8-13(12)21-15(18)20/h4-5,8-10H,2-3,6-7H2,1H3,(H,17,19)/t9-/m0/s1. The first-order chi connectivity index (χ1) is 10.0. The Bertz CT molecular complexity index is 730. The number of fused-ring (bicyclic) bond motifs is 1. The maximum atomic E-state index is 11.9. The zero-order chi connectivity index (χ0) is 15.0. The SMILES string of the molecule is C[C@H](NC(=O)CCn1c(=O)oc2cc(Cl)ccc21)C1CC1. The van der Waals surface area contributed by atoms with Crippen molar-refractivity contribution < 1.29 is 9.21 Å². The van der Waals surface area contributed by atoms with E-state index in [-0.39, 0.29) is 18.4 Å². The number of rotatable bonds is 5. The van der Waals surface area contributed by atoms with Gasteiger partial charge in [0.1, 0.15) is 0 Å². The van der Waals surface area contributed by atoms with Gasteiger partial charge >= 0.3 is 5.76 Å². The predicted molar refractivity (Wildman–Crippen MR) is 80.4 cm³/mol. The molecule has 112 valence electrons. The summed E-state index contributed by atoms with van der Waals surface area (Å²) < 4.78 is 6.60. The fourth-order valence-electron chi connectivity index (χ4n) is 2.51. The number of nitrogens with zero attached hydrogens (tertiary/aromatic N) is 1. The van der Waals surface area contributed by atoms with Gasteiger partial charge in [0, 0.05) is 30.1 Å². The second kappa shape index (κ2) is 5.56. The molecule has 5 nitrogen and oxygen atoms in total. The highest BCUT2D eigenvalue weighted by molar-refractivity contribution is 6.31. The summed E-state index contributed by atoms with van der Waals surface area (Å²) in [6.07, 6.45) is 2.64. The maximum Gasteiger partial charge on any atom is 0.419 e. The molecule has 6 heteroatoms. The molecule has 1 aromatic heterocycles. The van der Waals surface area contributed by atoms with E-state index in [1.165, 1.54) is 17.4 Å². The van der Waals surface area contributed by atoms with E-state index in [1.54, 1.807) is 18.2 Å². The average Bonchev–Trinajstić information content (AvgIpc) is 3.21. The van der Waals surface area contributed by atoms with Crippen molar-refractivity contribution in [3.8, 4) is 0 Å². The number of benzene rings is 1. The quantitative estimate of drug-likeness (QED) is 0.923. The van der Waals surface area contributed by atoms with Gasteiger partial charge in [-0.2, -0.15) is 0 Å². The van der Waals surface area contributed by atoms with Gasteiger partial charge in [-0.05, 0) is 37.8 Å². The van der Waals surface area contributed by atoms with Crippen LogP contribution in [0.4, 0.5) is 0 Å². The number of aromatic nitrogens is 1. The fourth-order valence-corrected chi connectivity index (χ4v) is 2.67. The summed E-state index contributed by atoms with van der Waals surface area (Å²) in [5, 5.41) is 3.49. The molecule has 0 saturated heterocycles. The Balaban J connectivity index is 1.68. The second-order valence-corrected chi connectivity index (χ2v) is 6.01. The molecule has 1 N–H and O–H groups in total. The first-order valence-corrected chi connectivity index (χ1v) is 7.50. The number of oxazole rings is 1. The minimum Gasteiger partial charge on any atom is -0.408 e. The second-order valence-electron chi connectivity index (χ2n) is 5.58. The van der Waals surface area contributed by atoms with Crippen molar-refractivity contribution in [2.45, 2.75) is 38.8 Å². The van der Waals surface area contributed by atoms with Gasteiger partial charge in [0.05, 0.1) is 5.52 Å². The molecule has 0 unspecified atom stereocenters. The number of carbonyl (C=O) groups excluding carboxylic acids is 1. The van der Waals surface area contributed by atoms with E-state index < -0.39 is 5.76 Å². The Morgan fingerprint density at radius 1 is 1.52 bits per heavy atom. The van der Waals surface area contributed by atoms with Gasteiger partial charge in [-0.15, -0.1) is 0 Å². The summed E-state index contributed by atoms with van der Waals surface area (Å²) in [5.41, 5.74) is 1.10. The van der Waals surface area contributed by atoms with E-state index in [4.69, 9.17) is 16.0 Å². The van der Waals surface area contributed by atoms with Gasteiger partial charge in [-0.1, -0.05) is 11.6 Å². The normalized spacial score (nSPS) is 16.1. The molecule has 1 fully saturated rings. The topological polar surface area (TPSA) is 64.2 Å². The molecule has 1 saturated carbocycles. The van der Waals surface area contributed by atoms with Gasteiger partial charge in [-0.25, -0.2) is 4.79 Å². The molecule has 1 aliphatic carbocycles. The van der Waals surface area contributed by atoms with Gasteiger partial charge in [0.25, 0.3) is 0 Å². The highest BCUT2D eigenvalue weighted by Gasteiger charge is 2.28. The van der Waals surface area contributed by atoms with Crippen LogP contribution in [0.1, 0.15) is 26.2 Å². The molecule has 0 aliphatic heterocycles. The summed E-state index contributed by atoms with van der Waals surface area (Å²) in [4.78, 5) is 23.7. The zero-order valence-corrected chi connectivity index (χ0v) is 12.5. The van der Waals surface area contributed by atoms with Crippen molar-refractivity contribution >= 4 is 28.6 Å². The number of aryl methyl sites for hydroxylation is 1. The molecule has 0 spiro atoms. The lowest BCUT2D eigenvalue weighted by Gasteiger charge is -2.12. The lowest BCUT2D eigenvalue weighted by Crippen LogP contribution is -2.34. The van der Waals surface area contributed by atoms with Gasteiger partial charge in [0.2, 0.25) is 5.91 Å². The summed E-state index contributed by atoms with van der Waals surface area (Å²) in [6, 6.07) is 5.25. The molecular weight excluding hydrogens is 292 g/mol. The molecule has 1 heterocycles. The van der Waals surface area contributed by atoms with Crippen molar-refractivity contribution in [3.63, 3.8) is 0 Å². The third-order valence-electron chi connectivity index (χ3n) is 3.91. The molecule has 3 rings (SSSR count). The van der Waals surface area contributed by atoms with Crippen molar-refractivity contribution in [1.82, 2.24) is 9.88 Å². The van der Waals surface area contributed by atoms with E-state index in [0.717, 1.165) is 0 Å².